The third kappa shape index (κ3) is 23.8. The minimum Gasteiger partial charge on any atom is -0.481 e. The number of aromatic nitrogens is 4. The monoisotopic (exact) mass is 1780 g/mol. The molecule has 4 saturated heterocycles. The van der Waals surface area contributed by atoms with E-state index in [0.29, 0.717) is 161 Å². The molecule has 14 rings (SSSR count). The summed E-state index contributed by atoms with van der Waals surface area (Å²) >= 11 is 12.2. The Morgan fingerprint density at radius 2 is 0.865 bits per heavy atom. The van der Waals surface area contributed by atoms with Crippen molar-refractivity contribution in [1.82, 2.24) is 50.2 Å². The van der Waals surface area contributed by atoms with Crippen molar-refractivity contribution in [2.75, 3.05) is 68.7 Å². The molecular formula is C91H108Cl2F3N13O17. The van der Waals surface area contributed by atoms with Crippen LogP contribution in [0.1, 0.15) is 290 Å². The number of anilines is 2. The lowest BCUT2D eigenvalue weighted by molar-refractivity contribution is -0.192. The van der Waals surface area contributed by atoms with Crippen LogP contribution in [0.25, 0.3) is 0 Å². The van der Waals surface area contributed by atoms with E-state index in [2.05, 4.69) is 54.2 Å². The van der Waals surface area contributed by atoms with Gasteiger partial charge in [0.1, 0.15) is 42.2 Å². The van der Waals surface area contributed by atoms with Crippen molar-refractivity contribution in [3.63, 3.8) is 0 Å². The van der Waals surface area contributed by atoms with Crippen LogP contribution < -0.4 is 26.2 Å². The average Bonchev–Trinajstić information content (AvgIpc) is 1.61. The maximum Gasteiger partial charge on any atom is 0.490 e. The summed E-state index contributed by atoms with van der Waals surface area (Å²) in [5.74, 6) is -5.59. The number of hydrogen-bond acceptors (Lipinski definition) is 22. The highest BCUT2D eigenvalue weighted by Gasteiger charge is 2.48. The molecule has 8 heterocycles. The molecule has 8 atom stereocenters. The first kappa shape index (κ1) is 95.7. The Bertz CT molecular complexity index is 4990. The molecule has 6 aromatic rings. The second-order valence-electron chi connectivity index (χ2n) is 33.2. The number of nitrogens with zero attached hydrogens (tertiary/aromatic N) is 10. The van der Waals surface area contributed by atoms with E-state index in [4.69, 9.17) is 43.9 Å². The van der Waals surface area contributed by atoms with Gasteiger partial charge >= 0.3 is 18.1 Å². The number of fused-ring (bicyclic) bond motifs is 4. The molecule has 2 aromatic heterocycles. The van der Waals surface area contributed by atoms with Crippen molar-refractivity contribution in [3.8, 4) is 0 Å². The van der Waals surface area contributed by atoms with Crippen LogP contribution in [0.15, 0.2) is 97.6 Å². The molecule has 2 aliphatic carbocycles. The zero-order chi connectivity index (χ0) is 90.6. The number of carboxylic acids is 2. The molecule has 0 radical (unpaired) electrons. The van der Waals surface area contributed by atoms with Gasteiger partial charge in [-0.3, -0.25) is 78.0 Å². The van der Waals surface area contributed by atoms with Crippen LogP contribution in [0.3, 0.4) is 0 Å². The van der Waals surface area contributed by atoms with E-state index in [1.807, 2.05) is 58.3 Å². The van der Waals surface area contributed by atoms with Crippen molar-refractivity contribution in [3.05, 3.63) is 175 Å². The summed E-state index contributed by atoms with van der Waals surface area (Å²) in [6.07, 6.45) is 13.4. The van der Waals surface area contributed by atoms with Crippen LogP contribution in [-0.2, 0) is 56.0 Å². The molecule has 10 amide bonds. The number of aliphatic carboxylic acids is 2. The number of carboxylic acid groups (broad SMARTS) is 2. The van der Waals surface area contributed by atoms with Crippen molar-refractivity contribution in [1.29, 1.82) is 0 Å². The van der Waals surface area contributed by atoms with Gasteiger partial charge in [0.25, 0.3) is 23.6 Å². The van der Waals surface area contributed by atoms with E-state index < -0.39 is 83.8 Å². The number of ketones is 1. The number of aliphatic hydroxyl groups is 2. The lowest BCUT2D eigenvalue weighted by Crippen LogP contribution is -2.54. The number of hydrogen-bond donors (Lipinski definition) is 7. The van der Waals surface area contributed by atoms with Gasteiger partial charge in [0.2, 0.25) is 35.4 Å². The molecule has 0 saturated carbocycles. The summed E-state index contributed by atoms with van der Waals surface area (Å²) in [5.41, 5.74) is 13.8. The first-order valence-corrected chi connectivity index (χ1v) is 44.2. The molecule has 0 spiro atoms. The van der Waals surface area contributed by atoms with E-state index in [9.17, 15) is 80.9 Å². The molecule has 4 aromatic carbocycles. The number of aryl methyl sites for hydroxylation is 2. The van der Waals surface area contributed by atoms with Gasteiger partial charge < -0.3 is 45.8 Å². The van der Waals surface area contributed by atoms with Gasteiger partial charge in [-0.1, -0.05) is 131 Å². The number of imide groups is 4. The van der Waals surface area contributed by atoms with Crippen LogP contribution in [0.2, 0.25) is 10.0 Å². The smallest absolute Gasteiger partial charge is 0.481 e. The lowest BCUT2D eigenvalue weighted by Gasteiger charge is -2.38. The Balaban J connectivity index is 0.000000193. The average molecular weight is 1780 g/mol. The molecule has 8 aliphatic rings. The van der Waals surface area contributed by atoms with Gasteiger partial charge in [-0.25, -0.2) is 24.7 Å². The fraction of sp³-hybridized carbons (Fsp3) is 0.505. The number of nitrogens with one attached hydrogen (secondary N) is 2. The number of rotatable bonds is 32. The molecule has 30 nitrogen and oxygen atoms in total. The minimum atomic E-state index is -5.08. The largest absolute Gasteiger partial charge is 0.490 e. The molecule has 2 unspecified atom stereocenters. The maximum atomic E-state index is 14.0. The predicted octanol–water partition coefficient (Wildman–Crippen LogP) is 11.7. The van der Waals surface area contributed by atoms with Crippen LogP contribution in [-0.4, -0.2) is 214 Å². The van der Waals surface area contributed by atoms with Crippen LogP contribution in [0, 0.1) is 0 Å². The van der Waals surface area contributed by atoms with E-state index in [1.54, 1.807) is 36.4 Å². The highest BCUT2D eigenvalue weighted by atomic mass is 35.5. The number of amides is 10. The molecule has 4 fully saturated rings. The van der Waals surface area contributed by atoms with E-state index >= 15 is 0 Å². The molecule has 35 heteroatoms. The highest BCUT2D eigenvalue weighted by molar-refractivity contribution is 6.31. The summed E-state index contributed by atoms with van der Waals surface area (Å²) in [7, 11) is 0. The quantitative estimate of drug-likeness (QED) is 0.0152. The molecule has 8 N–H and O–H groups in total. The molecule has 0 bridgehead atoms. The Labute approximate surface area is 737 Å². The SMILES string of the molecule is C[C@@H]1C[C@@H](O)c2ncnc(N3CCN(C(=O)[C@H](CCCCC(=O)CCCCCCCc4cccc5c4C(=O)N(C4CCC(=O)NC4=O)C5=O)c4ccc(Cl)cc4)CC3)c21.C[C@@H]1C[C@@H](O)c2ncnc(N3CCN(C(=O)[C@H](CCCCC(=O)O)c4ccc(Cl)cc4)CC3)c21.NCCCCCCc1cccc2c1C(=O)N(C1CCC(=O)NC1=O)C2=O.O=C(O)C(F)(F)F. The summed E-state index contributed by atoms with van der Waals surface area (Å²) < 4.78 is 31.7. The first-order valence-electron chi connectivity index (χ1n) is 43.4. The Kier molecular flexibility index (Phi) is 33.7. The number of halogens is 5. The van der Waals surface area contributed by atoms with Crippen molar-refractivity contribution >= 4 is 112 Å². The number of benzene rings is 4. The number of alkyl halides is 3. The Morgan fingerprint density at radius 1 is 0.492 bits per heavy atom. The summed E-state index contributed by atoms with van der Waals surface area (Å²) in [6, 6.07) is 23.4. The van der Waals surface area contributed by atoms with Crippen molar-refractivity contribution in [2.24, 2.45) is 5.73 Å². The van der Waals surface area contributed by atoms with Gasteiger partial charge in [-0.15, -0.1) is 0 Å². The topological polar surface area (TPSA) is 424 Å². The number of unbranched alkanes of at least 4 members (excludes halogenated alkanes) is 9. The molecule has 126 heavy (non-hydrogen) atoms. The molecule has 6 aliphatic heterocycles. The number of Topliss-reactive ketones (excluding diaryl/α,β-unsaturated/α-hetero) is 1. The second kappa shape index (κ2) is 44.4. The zero-order valence-corrected chi connectivity index (χ0v) is 72.2. The summed E-state index contributed by atoms with van der Waals surface area (Å²) in [4.78, 5) is 188. The number of piperazine rings is 2. The Morgan fingerprint density at radius 3 is 1.25 bits per heavy atom. The predicted molar refractivity (Wildman–Crippen MR) is 458 cm³/mol. The van der Waals surface area contributed by atoms with Gasteiger partial charge in [0, 0.05) is 106 Å². The number of carbonyl (C=O) groups excluding carboxylic acids is 11. The molecular weight excluding hydrogens is 1670 g/mol. The van der Waals surface area contributed by atoms with E-state index in [-0.39, 0.29) is 79.3 Å². The number of nitrogens with two attached hydrogens (primary N) is 1. The van der Waals surface area contributed by atoms with Crippen LogP contribution in [0.5, 0.6) is 0 Å². The fourth-order valence-corrected chi connectivity index (χ4v) is 18.1. The van der Waals surface area contributed by atoms with E-state index in [0.717, 1.165) is 131 Å². The van der Waals surface area contributed by atoms with Gasteiger partial charge in [0.15, 0.2) is 0 Å². The first-order chi connectivity index (χ1) is 60.3. The van der Waals surface area contributed by atoms with Crippen molar-refractivity contribution in [2.45, 2.75) is 235 Å². The minimum absolute atomic E-state index is 0.0639. The van der Waals surface area contributed by atoms with Crippen molar-refractivity contribution < 1.29 is 95.9 Å². The standard InChI is InChI=1S/C45H53ClN6O7.C25H31ClN4O4.C19H23N3O4.C2HF3O2/c1-28-26-36(54)40-38(28)41(48-27-47-40)50-22-24-51(25-23-50)43(57)33(29-16-18-31(46)19-17-29)14-8-7-13-32(53)12-6-4-2-3-5-10-30-11-9-15-34-39(30)45(59)52(44(34)58)35-20-21-37(55)49-42(35)56;1-16-14-20(31)23-22(16)24(28-15-27-23)29-10-12-30(13-11-29)25(34)19(4-2-3-5-21(32)33)17-6-8-18(26)9-7-17;20-11-4-2-1-3-6-12-7-5-8-13-16(12)19(26)22(18(13)25)14-9-10-15(23)21-17(14)24;3-2(4,5)1(6)7/h9,11,15-19,27-28,33,35-36,54H,2-8,10,12-14,20-26H2,1H3,(H,49,55,56);6-9,15-16,19-20,31H,2-5,10-14H2,1H3,(H,32,33);5,7-8,14H,1-4,6,9-11,20H2,(H,21,23,24);(H,6,7)/t28-,33-,35?,36-;16-,19-,20-;;/m11../s1. The Hall–Kier alpha value is -11.0. The highest BCUT2D eigenvalue weighted by Crippen LogP contribution is 2.45. The zero-order valence-electron chi connectivity index (χ0n) is 70.6. The third-order valence-electron chi connectivity index (χ3n) is 24.5. The van der Waals surface area contributed by atoms with Crippen LogP contribution in [0.4, 0.5) is 24.8 Å². The normalized spacial score (nSPS) is 20.0. The fourth-order valence-electron chi connectivity index (χ4n) is 17.9. The van der Waals surface area contributed by atoms with E-state index in [1.165, 1.54) is 12.7 Å². The number of aliphatic hydroxyl groups excluding tert-OH is 2. The van der Waals surface area contributed by atoms with Gasteiger partial charge in [-0.2, -0.15) is 13.2 Å². The summed E-state index contributed by atoms with van der Waals surface area (Å²) in [5, 5.41) is 42.5. The van der Waals surface area contributed by atoms with Gasteiger partial charge in [0.05, 0.1) is 57.7 Å². The second-order valence-corrected chi connectivity index (χ2v) is 34.0. The third-order valence-corrected chi connectivity index (χ3v) is 25.0. The van der Waals surface area contributed by atoms with Gasteiger partial charge in [-0.05, 0) is 167 Å². The number of piperidine rings is 2. The lowest BCUT2D eigenvalue weighted by atomic mass is 9.91. The number of carbonyl (C=O) groups is 13. The maximum absolute atomic E-state index is 14.0. The summed E-state index contributed by atoms with van der Waals surface area (Å²) in [6.45, 7) is 9.74. The van der Waals surface area contributed by atoms with Crippen LogP contribution >= 0.6 is 23.2 Å². The molecule has 674 valence electrons.